The molecule has 1 unspecified atom stereocenters. The molecule has 4 rings (SSSR count). The van der Waals surface area contributed by atoms with Crippen molar-refractivity contribution in [3.05, 3.63) is 48.5 Å². The van der Waals surface area contributed by atoms with Crippen molar-refractivity contribution in [1.29, 1.82) is 0 Å². The Hall–Kier alpha value is -2.62. The van der Waals surface area contributed by atoms with Crippen molar-refractivity contribution in [2.45, 2.75) is 23.3 Å². The molecular weight excluding hydrogens is 416 g/mol. The van der Waals surface area contributed by atoms with Crippen molar-refractivity contribution < 1.29 is 17.9 Å². The molecule has 166 valence electrons. The first-order valence-electron chi connectivity index (χ1n) is 10.3. The molecule has 1 saturated heterocycles. The molecule has 0 saturated carbocycles. The Kier molecular flexibility index (Phi) is 6.17. The van der Waals surface area contributed by atoms with E-state index in [0.29, 0.717) is 31.9 Å². The standard InChI is InChI=1S/C22H28N4O4S/c1-29-14-12-23-21-22(25-20-10-4-3-9-19(20)24-21)11-6-13-26(16-22)31(27,28)18-8-5-7-17(15-18)30-2/h3-5,7-10,15,25H,6,11-14,16H2,1-2H3,(H,23,24). The van der Waals surface area contributed by atoms with Crippen LogP contribution < -0.4 is 15.4 Å². The average Bonchev–Trinajstić information content (AvgIpc) is 2.79. The largest absolute Gasteiger partial charge is 0.497 e. The minimum absolute atomic E-state index is 0.228. The molecule has 2 heterocycles. The zero-order valence-electron chi connectivity index (χ0n) is 17.8. The van der Waals surface area contributed by atoms with E-state index in [4.69, 9.17) is 14.5 Å². The van der Waals surface area contributed by atoms with Crippen LogP contribution in [0.2, 0.25) is 0 Å². The van der Waals surface area contributed by atoms with Gasteiger partial charge in [-0.2, -0.15) is 4.31 Å². The number of hydrogen-bond acceptors (Lipinski definition) is 6. The fraction of sp³-hybridized carbons (Fsp3) is 0.409. The number of para-hydroxylation sites is 2. The van der Waals surface area contributed by atoms with Crippen LogP contribution in [-0.2, 0) is 14.8 Å². The van der Waals surface area contributed by atoms with Gasteiger partial charge in [-0.1, -0.05) is 18.2 Å². The Bertz CT molecular complexity index is 1070. The number of anilines is 2. The van der Waals surface area contributed by atoms with Gasteiger partial charge in [0, 0.05) is 26.3 Å². The second kappa shape index (κ2) is 8.86. The molecule has 2 aliphatic heterocycles. The van der Waals surface area contributed by atoms with Crippen molar-refractivity contribution >= 4 is 27.2 Å². The second-order valence-electron chi connectivity index (χ2n) is 7.72. The predicted molar refractivity (Wildman–Crippen MR) is 122 cm³/mol. The highest BCUT2D eigenvalue weighted by Gasteiger charge is 2.46. The van der Waals surface area contributed by atoms with Gasteiger partial charge in [0.05, 0.1) is 36.5 Å². The van der Waals surface area contributed by atoms with Crippen molar-refractivity contribution in [2.75, 3.05) is 51.1 Å². The van der Waals surface area contributed by atoms with Crippen LogP contribution in [0.1, 0.15) is 12.8 Å². The van der Waals surface area contributed by atoms with E-state index in [0.717, 1.165) is 23.6 Å². The molecule has 1 spiro atoms. The summed E-state index contributed by atoms with van der Waals surface area (Å²) in [6.07, 6.45) is 1.48. The molecule has 2 N–H and O–H groups in total. The summed E-state index contributed by atoms with van der Waals surface area (Å²) in [6, 6.07) is 14.5. The van der Waals surface area contributed by atoms with Gasteiger partial charge in [-0.3, -0.25) is 4.99 Å². The maximum Gasteiger partial charge on any atom is 0.243 e. The van der Waals surface area contributed by atoms with Crippen LogP contribution in [0, 0.1) is 0 Å². The highest BCUT2D eigenvalue weighted by Crippen LogP contribution is 2.37. The monoisotopic (exact) mass is 444 g/mol. The molecule has 2 aromatic rings. The summed E-state index contributed by atoms with van der Waals surface area (Å²) in [5.41, 5.74) is 1.23. The molecule has 0 aliphatic carbocycles. The molecular formula is C22H28N4O4S. The Labute approximate surface area is 183 Å². The van der Waals surface area contributed by atoms with Gasteiger partial charge in [-0.25, -0.2) is 8.42 Å². The van der Waals surface area contributed by atoms with Crippen molar-refractivity contribution in [3.8, 4) is 5.75 Å². The number of piperidine rings is 1. The third-order valence-corrected chi connectivity index (χ3v) is 7.55. The number of sulfonamides is 1. The first-order chi connectivity index (χ1) is 15.0. The van der Waals surface area contributed by atoms with Crippen molar-refractivity contribution in [1.82, 2.24) is 4.31 Å². The van der Waals surface area contributed by atoms with Crippen LogP contribution >= 0.6 is 0 Å². The second-order valence-corrected chi connectivity index (χ2v) is 9.66. The van der Waals surface area contributed by atoms with Crippen molar-refractivity contribution in [2.24, 2.45) is 4.99 Å². The minimum atomic E-state index is -3.69. The van der Waals surface area contributed by atoms with Gasteiger partial charge < -0.3 is 20.1 Å². The maximum atomic E-state index is 13.5. The van der Waals surface area contributed by atoms with Gasteiger partial charge in [0.2, 0.25) is 10.0 Å². The summed E-state index contributed by atoms with van der Waals surface area (Å²) >= 11 is 0. The Morgan fingerprint density at radius 2 is 1.94 bits per heavy atom. The third kappa shape index (κ3) is 4.26. The number of fused-ring (bicyclic) bond motifs is 1. The smallest absolute Gasteiger partial charge is 0.243 e. The lowest BCUT2D eigenvalue weighted by Gasteiger charge is -2.46. The predicted octanol–water partition coefficient (Wildman–Crippen LogP) is 2.80. The fourth-order valence-corrected chi connectivity index (χ4v) is 5.71. The number of rotatable bonds is 6. The van der Waals surface area contributed by atoms with E-state index >= 15 is 0 Å². The number of nitrogens with one attached hydrogen (secondary N) is 2. The van der Waals surface area contributed by atoms with E-state index in [2.05, 4.69) is 10.6 Å². The molecule has 0 radical (unpaired) electrons. The first-order valence-corrected chi connectivity index (χ1v) is 11.7. The van der Waals surface area contributed by atoms with Crippen LogP contribution in [0.4, 0.5) is 11.4 Å². The van der Waals surface area contributed by atoms with Gasteiger partial charge in [0.15, 0.2) is 0 Å². The van der Waals surface area contributed by atoms with Crippen LogP contribution in [-0.4, -0.2) is 64.6 Å². The topological polar surface area (TPSA) is 92.3 Å². The number of nitrogens with zero attached hydrogens (tertiary/aromatic N) is 2. The Morgan fingerprint density at radius 3 is 2.71 bits per heavy atom. The van der Waals surface area contributed by atoms with E-state index < -0.39 is 15.6 Å². The van der Waals surface area contributed by atoms with Gasteiger partial charge in [0.1, 0.15) is 17.1 Å². The van der Waals surface area contributed by atoms with Crippen LogP contribution in [0.3, 0.4) is 0 Å². The average molecular weight is 445 g/mol. The van der Waals surface area contributed by atoms with Crippen molar-refractivity contribution in [3.63, 3.8) is 0 Å². The molecule has 0 aromatic heterocycles. The Balaban J connectivity index is 1.69. The van der Waals surface area contributed by atoms with E-state index in [1.807, 2.05) is 24.3 Å². The summed E-state index contributed by atoms with van der Waals surface area (Å²) in [4.78, 5) is 4.97. The van der Waals surface area contributed by atoms with E-state index in [1.54, 1.807) is 35.7 Å². The quantitative estimate of drug-likeness (QED) is 0.666. The number of benzene rings is 2. The molecule has 0 amide bonds. The van der Waals surface area contributed by atoms with E-state index in [1.165, 1.54) is 7.11 Å². The van der Waals surface area contributed by atoms with Gasteiger partial charge >= 0.3 is 0 Å². The van der Waals surface area contributed by atoms with Crippen LogP contribution in [0.25, 0.3) is 0 Å². The summed E-state index contributed by atoms with van der Waals surface area (Å²) in [7, 11) is -0.523. The fourth-order valence-electron chi connectivity index (χ4n) is 4.13. The minimum Gasteiger partial charge on any atom is -0.497 e. The highest BCUT2D eigenvalue weighted by atomic mass is 32.2. The molecule has 9 heteroatoms. The third-order valence-electron chi connectivity index (χ3n) is 5.71. The molecule has 2 aromatic carbocycles. The SMILES string of the molecule is COCCN=C1Nc2ccccc2NC12CCCN(S(=O)(=O)c1cccc(OC)c1)C2. The zero-order chi connectivity index (χ0) is 21.9. The number of ether oxygens (including phenoxy) is 2. The molecule has 2 aliphatic rings. The van der Waals surface area contributed by atoms with Gasteiger partial charge in [-0.05, 0) is 37.1 Å². The van der Waals surface area contributed by atoms with Gasteiger partial charge in [-0.15, -0.1) is 0 Å². The maximum absolute atomic E-state index is 13.5. The lowest BCUT2D eigenvalue weighted by atomic mass is 9.86. The Morgan fingerprint density at radius 1 is 1.13 bits per heavy atom. The van der Waals surface area contributed by atoms with Gasteiger partial charge in [0.25, 0.3) is 0 Å². The molecule has 0 bridgehead atoms. The van der Waals surface area contributed by atoms with Crippen LogP contribution in [0.5, 0.6) is 5.75 Å². The van der Waals surface area contributed by atoms with E-state index in [-0.39, 0.29) is 11.4 Å². The number of methoxy groups -OCH3 is 2. The zero-order valence-corrected chi connectivity index (χ0v) is 18.6. The molecule has 1 fully saturated rings. The first kappa shape index (κ1) is 21.6. The number of amidine groups is 1. The normalized spacial score (nSPS) is 22.6. The molecule has 31 heavy (non-hydrogen) atoms. The van der Waals surface area contributed by atoms with Crippen LogP contribution in [0.15, 0.2) is 58.4 Å². The number of aliphatic imine (C=N–C) groups is 1. The van der Waals surface area contributed by atoms with E-state index in [9.17, 15) is 8.42 Å². The summed E-state index contributed by atoms with van der Waals surface area (Å²) in [6.45, 7) is 1.72. The lowest BCUT2D eigenvalue weighted by molar-refractivity contribution is 0.207. The lowest BCUT2D eigenvalue weighted by Crippen LogP contribution is -2.62. The molecule has 8 nitrogen and oxygen atoms in total. The highest BCUT2D eigenvalue weighted by molar-refractivity contribution is 7.89. The summed E-state index contributed by atoms with van der Waals surface area (Å²) < 4.78 is 38.8. The molecule has 1 atom stereocenters. The number of hydrogen-bond donors (Lipinski definition) is 2. The summed E-state index contributed by atoms with van der Waals surface area (Å²) in [5.74, 6) is 1.26. The summed E-state index contributed by atoms with van der Waals surface area (Å²) in [5, 5.41) is 7.04.